The van der Waals surface area contributed by atoms with Crippen molar-refractivity contribution in [1.82, 2.24) is 9.61 Å². The van der Waals surface area contributed by atoms with E-state index in [0.717, 1.165) is 0 Å². The van der Waals surface area contributed by atoms with Gasteiger partial charge in [-0.1, -0.05) is 0 Å². The van der Waals surface area contributed by atoms with Gasteiger partial charge in [0.25, 0.3) is 0 Å². The van der Waals surface area contributed by atoms with Crippen molar-refractivity contribution in [1.29, 1.82) is 5.26 Å². The first kappa shape index (κ1) is 11.8. The Morgan fingerprint density at radius 3 is 2.78 bits per heavy atom. The molecule has 0 saturated carbocycles. The van der Waals surface area contributed by atoms with Crippen molar-refractivity contribution in [3.05, 3.63) is 35.3 Å². The number of allylic oxidation sites excluding steroid dienone is 1. The summed E-state index contributed by atoms with van der Waals surface area (Å²) in [5.74, 6) is 0.533. The van der Waals surface area contributed by atoms with Crippen LogP contribution in [0.4, 0.5) is 0 Å². The summed E-state index contributed by atoms with van der Waals surface area (Å²) < 4.78 is 6.83. The van der Waals surface area contributed by atoms with Gasteiger partial charge in [-0.15, -0.1) is 0 Å². The van der Waals surface area contributed by atoms with E-state index in [0.29, 0.717) is 33.8 Å². The number of nitrogens with zero attached hydrogens (tertiary/aromatic N) is 3. The van der Waals surface area contributed by atoms with Crippen LogP contribution < -0.4 is 16.2 Å². The molecule has 6 nitrogen and oxygen atoms in total. The molecule has 2 aromatic heterocycles. The van der Waals surface area contributed by atoms with Gasteiger partial charge in [-0.3, -0.25) is 0 Å². The summed E-state index contributed by atoms with van der Waals surface area (Å²) in [4.78, 5) is 0. The van der Waals surface area contributed by atoms with Gasteiger partial charge in [0.1, 0.15) is 22.9 Å². The van der Waals surface area contributed by atoms with Crippen LogP contribution in [0, 0.1) is 11.3 Å². The number of methoxy groups -OCH3 is 1. The van der Waals surface area contributed by atoms with Gasteiger partial charge >= 0.3 is 0 Å². The van der Waals surface area contributed by atoms with Gasteiger partial charge in [0.2, 0.25) is 0 Å². The van der Waals surface area contributed by atoms with Gasteiger partial charge in [-0.25, -0.2) is 4.52 Å². The topological polar surface area (TPSA) is 102 Å². The normalized spacial score (nSPS) is 12.1. The molecule has 0 aliphatic heterocycles. The number of nitriles is 1. The van der Waals surface area contributed by atoms with Gasteiger partial charge in [0.05, 0.1) is 19.0 Å². The fourth-order valence-electron chi connectivity index (χ4n) is 1.70. The first-order valence-electron chi connectivity index (χ1n) is 5.26. The molecule has 2 aromatic rings. The van der Waals surface area contributed by atoms with Gasteiger partial charge < -0.3 is 16.2 Å². The fourth-order valence-corrected chi connectivity index (χ4v) is 1.70. The zero-order valence-electron chi connectivity index (χ0n) is 10.1. The molecule has 0 aromatic carbocycles. The summed E-state index contributed by atoms with van der Waals surface area (Å²) in [6.45, 7) is 1.72. The molecule has 92 valence electrons. The lowest BCUT2D eigenvalue weighted by atomic mass is 10.1. The number of pyridine rings is 1. The molecule has 6 heteroatoms. The summed E-state index contributed by atoms with van der Waals surface area (Å²) in [5, 5.41) is 13.1. The smallest absolute Gasteiger partial charge is 0.146 e. The molecule has 18 heavy (non-hydrogen) atoms. The van der Waals surface area contributed by atoms with E-state index in [1.54, 1.807) is 23.7 Å². The molecule has 0 bridgehead atoms. The maximum absolute atomic E-state index is 9.00. The number of hydrogen-bond donors (Lipinski definition) is 2. The zero-order chi connectivity index (χ0) is 13.3. The molecule has 0 saturated heterocycles. The molecule has 0 unspecified atom stereocenters. The second-order valence-corrected chi connectivity index (χ2v) is 3.86. The van der Waals surface area contributed by atoms with Crippen LogP contribution in [0.5, 0.6) is 5.75 Å². The van der Waals surface area contributed by atoms with E-state index >= 15 is 0 Å². The first-order chi connectivity index (χ1) is 8.58. The van der Waals surface area contributed by atoms with Gasteiger partial charge in [-0.2, -0.15) is 10.4 Å². The average molecular weight is 243 g/mol. The molecular weight excluding hydrogens is 230 g/mol. The summed E-state index contributed by atoms with van der Waals surface area (Å²) in [5.41, 5.74) is 14.3. The standard InChI is InChI=1S/C12H13N5O/c1-7(14)11(15)8-3-10(18-2)12-9(4-13)5-16-17(12)6-8/h3,5-6H,14-15H2,1-2H3/b11-7-. The minimum atomic E-state index is 0.449. The molecular formula is C12H13N5O. The number of aromatic nitrogens is 2. The molecule has 0 aliphatic rings. The van der Waals surface area contributed by atoms with Crippen LogP contribution in [0.15, 0.2) is 24.2 Å². The molecule has 0 radical (unpaired) electrons. The largest absolute Gasteiger partial charge is 0.494 e. The summed E-state index contributed by atoms with van der Waals surface area (Å²) in [7, 11) is 1.53. The van der Waals surface area contributed by atoms with Crippen LogP contribution in [-0.2, 0) is 0 Å². The van der Waals surface area contributed by atoms with E-state index in [2.05, 4.69) is 11.2 Å². The predicted molar refractivity (Wildman–Crippen MR) is 67.4 cm³/mol. The number of ether oxygens (including phenoxy) is 1. The Labute approximate surface area is 104 Å². The molecule has 0 atom stereocenters. The lowest BCUT2D eigenvalue weighted by Gasteiger charge is -2.09. The van der Waals surface area contributed by atoms with Crippen LogP contribution in [0.1, 0.15) is 18.1 Å². The summed E-state index contributed by atoms with van der Waals surface area (Å²) in [6.07, 6.45) is 3.20. The summed E-state index contributed by atoms with van der Waals surface area (Å²) >= 11 is 0. The maximum atomic E-state index is 9.00. The number of fused-ring (bicyclic) bond motifs is 1. The minimum absolute atomic E-state index is 0.449. The Morgan fingerprint density at radius 1 is 1.50 bits per heavy atom. The van der Waals surface area contributed by atoms with E-state index in [9.17, 15) is 0 Å². The van der Waals surface area contributed by atoms with E-state index < -0.39 is 0 Å². The predicted octanol–water partition coefficient (Wildman–Crippen LogP) is 0.820. The highest BCUT2D eigenvalue weighted by Crippen LogP contribution is 2.26. The second kappa shape index (κ2) is 4.30. The number of nitrogens with two attached hydrogens (primary N) is 2. The monoisotopic (exact) mass is 243 g/mol. The molecule has 4 N–H and O–H groups in total. The lowest BCUT2D eigenvalue weighted by molar-refractivity contribution is 0.417. The SMILES string of the molecule is COc1cc(/C(N)=C(\C)N)cn2ncc(C#N)c12. The fraction of sp³-hybridized carbons (Fsp3) is 0.167. The van der Waals surface area contributed by atoms with Crippen molar-refractivity contribution < 1.29 is 4.74 Å². The Kier molecular flexibility index (Phi) is 2.81. The zero-order valence-corrected chi connectivity index (χ0v) is 10.1. The van der Waals surface area contributed by atoms with Crippen LogP contribution in [0.3, 0.4) is 0 Å². The van der Waals surface area contributed by atoms with E-state index in [1.807, 2.05) is 0 Å². The third-order valence-electron chi connectivity index (χ3n) is 2.65. The maximum Gasteiger partial charge on any atom is 0.146 e. The van der Waals surface area contributed by atoms with Gasteiger partial charge in [0.15, 0.2) is 0 Å². The molecule has 2 heterocycles. The molecule has 0 fully saturated rings. The minimum Gasteiger partial charge on any atom is -0.494 e. The van der Waals surface area contributed by atoms with Crippen molar-refractivity contribution >= 4 is 11.2 Å². The number of hydrogen-bond acceptors (Lipinski definition) is 5. The van der Waals surface area contributed by atoms with Crippen molar-refractivity contribution in [2.24, 2.45) is 11.5 Å². The van der Waals surface area contributed by atoms with Crippen molar-refractivity contribution in [2.75, 3.05) is 7.11 Å². The van der Waals surface area contributed by atoms with Crippen LogP contribution in [0.25, 0.3) is 11.2 Å². The lowest BCUT2D eigenvalue weighted by Crippen LogP contribution is -2.07. The molecule has 2 rings (SSSR count). The summed E-state index contributed by atoms with van der Waals surface area (Å²) in [6, 6.07) is 3.80. The molecule has 0 amide bonds. The van der Waals surface area contributed by atoms with Crippen LogP contribution in [-0.4, -0.2) is 16.7 Å². The quantitative estimate of drug-likeness (QED) is 0.812. The van der Waals surface area contributed by atoms with Crippen LogP contribution in [0.2, 0.25) is 0 Å². The third-order valence-corrected chi connectivity index (χ3v) is 2.65. The highest BCUT2D eigenvalue weighted by molar-refractivity contribution is 5.74. The first-order valence-corrected chi connectivity index (χ1v) is 5.26. The van der Waals surface area contributed by atoms with Crippen molar-refractivity contribution in [3.8, 4) is 11.8 Å². The Hall–Kier alpha value is -2.68. The van der Waals surface area contributed by atoms with Crippen molar-refractivity contribution in [3.63, 3.8) is 0 Å². The highest BCUT2D eigenvalue weighted by Gasteiger charge is 2.12. The third kappa shape index (κ3) is 1.72. The van der Waals surface area contributed by atoms with Gasteiger partial charge in [-0.05, 0) is 13.0 Å². The molecule has 0 aliphatic carbocycles. The molecule has 0 spiro atoms. The second-order valence-electron chi connectivity index (χ2n) is 3.86. The Bertz CT molecular complexity index is 674. The van der Waals surface area contributed by atoms with E-state index in [4.69, 9.17) is 21.5 Å². The van der Waals surface area contributed by atoms with Crippen molar-refractivity contribution in [2.45, 2.75) is 6.92 Å². The van der Waals surface area contributed by atoms with E-state index in [1.165, 1.54) is 13.3 Å². The van der Waals surface area contributed by atoms with E-state index in [-0.39, 0.29) is 0 Å². The Balaban J connectivity index is 2.78. The highest BCUT2D eigenvalue weighted by atomic mass is 16.5. The number of rotatable bonds is 2. The van der Waals surface area contributed by atoms with Gasteiger partial charge in [0, 0.05) is 17.5 Å². The Morgan fingerprint density at radius 2 is 2.22 bits per heavy atom. The average Bonchev–Trinajstić information content (AvgIpc) is 2.79. The van der Waals surface area contributed by atoms with Crippen LogP contribution >= 0.6 is 0 Å².